The van der Waals surface area contributed by atoms with Crippen molar-refractivity contribution < 1.29 is 12.8 Å². The number of halogens is 1. The molecule has 21 heavy (non-hydrogen) atoms. The summed E-state index contributed by atoms with van der Waals surface area (Å²) in [6, 6.07) is 11.0. The molecule has 0 aliphatic carbocycles. The fraction of sp³-hybridized carbons (Fsp3) is 0.200. The standard InChI is InChI=1S/C15H17FN2O2S/c1-10-8-13(6-7-15(10)16)18-11(2)12-4-3-5-14(9-12)21(17,19)20/h3-9,11,18H,1-2H3,(H2,17,19,20). The lowest BCUT2D eigenvalue weighted by atomic mass is 10.1. The van der Waals surface area contributed by atoms with E-state index in [9.17, 15) is 12.8 Å². The van der Waals surface area contributed by atoms with E-state index >= 15 is 0 Å². The molecule has 0 fully saturated rings. The number of hydrogen-bond acceptors (Lipinski definition) is 3. The first-order valence-electron chi connectivity index (χ1n) is 6.43. The molecule has 0 spiro atoms. The minimum atomic E-state index is -3.72. The summed E-state index contributed by atoms with van der Waals surface area (Å²) in [5, 5.41) is 8.33. The average Bonchev–Trinajstić information content (AvgIpc) is 2.42. The third-order valence-electron chi connectivity index (χ3n) is 3.23. The number of primary sulfonamides is 1. The highest BCUT2D eigenvalue weighted by molar-refractivity contribution is 7.89. The van der Waals surface area contributed by atoms with Crippen molar-refractivity contribution in [3.05, 3.63) is 59.4 Å². The second-order valence-electron chi connectivity index (χ2n) is 4.95. The van der Waals surface area contributed by atoms with Gasteiger partial charge in [0.2, 0.25) is 10.0 Å². The van der Waals surface area contributed by atoms with Crippen LogP contribution in [0.5, 0.6) is 0 Å². The van der Waals surface area contributed by atoms with Crippen LogP contribution in [0.4, 0.5) is 10.1 Å². The van der Waals surface area contributed by atoms with E-state index in [1.807, 2.05) is 13.0 Å². The summed E-state index contributed by atoms with van der Waals surface area (Å²) in [6.45, 7) is 3.58. The summed E-state index contributed by atoms with van der Waals surface area (Å²) in [5.41, 5.74) is 2.09. The lowest BCUT2D eigenvalue weighted by Gasteiger charge is -2.17. The van der Waals surface area contributed by atoms with E-state index in [4.69, 9.17) is 5.14 Å². The average molecular weight is 308 g/mol. The molecule has 0 aliphatic heterocycles. The maximum atomic E-state index is 13.2. The van der Waals surface area contributed by atoms with E-state index in [0.29, 0.717) is 5.56 Å². The molecule has 1 unspecified atom stereocenters. The van der Waals surface area contributed by atoms with Gasteiger partial charge in [-0.3, -0.25) is 0 Å². The van der Waals surface area contributed by atoms with Gasteiger partial charge < -0.3 is 5.32 Å². The van der Waals surface area contributed by atoms with E-state index in [1.165, 1.54) is 18.2 Å². The summed E-state index contributed by atoms with van der Waals surface area (Å²) in [4.78, 5) is 0.0731. The molecule has 0 aliphatic rings. The minimum Gasteiger partial charge on any atom is -0.379 e. The first-order valence-corrected chi connectivity index (χ1v) is 7.97. The number of nitrogens with two attached hydrogens (primary N) is 1. The Morgan fingerprint density at radius 1 is 1.19 bits per heavy atom. The molecule has 0 aromatic heterocycles. The Kier molecular flexibility index (Phi) is 4.29. The Hall–Kier alpha value is -1.92. The van der Waals surface area contributed by atoms with E-state index in [0.717, 1.165) is 11.3 Å². The number of rotatable bonds is 4. The molecule has 2 aromatic rings. The SMILES string of the molecule is Cc1cc(NC(C)c2cccc(S(N)(=O)=O)c2)ccc1F. The van der Waals surface area contributed by atoms with Crippen LogP contribution in [0.2, 0.25) is 0 Å². The molecule has 2 rings (SSSR count). The third kappa shape index (κ3) is 3.80. The van der Waals surface area contributed by atoms with Crippen LogP contribution < -0.4 is 10.5 Å². The zero-order chi connectivity index (χ0) is 15.6. The number of anilines is 1. The first kappa shape index (κ1) is 15.5. The maximum absolute atomic E-state index is 13.2. The molecular formula is C15H17FN2O2S. The summed E-state index contributed by atoms with van der Waals surface area (Å²) >= 11 is 0. The van der Waals surface area contributed by atoms with Crippen molar-refractivity contribution in [2.24, 2.45) is 5.14 Å². The fourth-order valence-electron chi connectivity index (χ4n) is 2.03. The highest BCUT2D eigenvalue weighted by atomic mass is 32.2. The lowest BCUT2D eigenvalue weighted by Crippen LogP contribution is -2.13. The summed E-state index contributed by atoms with van der Waals surface area (Å²) in [7, 11) is -3.72. The van der Waals surface area contributed by atoms with Crippen LogP contribution >= 0.6 is 0 Å². The molecule has 3 N–H and O–H groups in total. The van der Waals surface area contributed by atoms with Crippen LogP contribution in [0.1, 0.15) is 24.1 Å². The van der Waals surface area contributed by atoms with E-state index < -0.39 is 10.0 Å². The molecule has 0 radical (unpaired) electrons. The largest absolute Gasteiger partial charge is 0.379 e. The molecule has 0 heterocycles. The minimum absolute atomic E-state index is 0.0731. The van der Waals surface area contributed by atoms with Gasteiger partial charge in [-0.05, 0) is 55.3 Å². The highest BCUT2D eigenvalue weighted by Crippen LogP contribution is 2.22. The molecule has 0 saturated heterocycles. The number of hydrogen-bond donors (Lipinski definition) is 2. The van der Waals surface area contributed by atoms with E-state index in [-0.39, 0.29) is 16.8 Å². The predicted molar refractivity (Wildman–Crippen MR) is 81.0 cm³/mol. The van der Waals surface area contributed by atoms with Gasteiger partial charge in [0.25, 0.3) is 0 Å². The van der Waals surface area contributed by atoms with Crippen LogP contribution in [0.25, 0.3) is 0 Å². The molecule has 4 nitrogen and oxygen atoms in total. The topological polar surface area (TPSA) is 72.2 Å². The van der Waals surface area contributed by atoms with E-state index in [2.05, 4.69) is 5.32 Å². The monoisotopic (exact) mass is 308 g/mol. The molecule has 0 saturated carbocycles. The van der Waals surface area contributed by atoms with Gasteiger partial charge in [-0.1, -0.05) is 12.1 Å². The number of aryl methyl sites for hydroxylation is 1. The van der Waals surface area contributed by atoms with E-state index in [1.54, 1.807) is 25.1 Å². The molecule has 112 valence electrons. The van der Waals surface area contributed by atoms with Crippen LogP contribution in [-0.2, 0) is 10.0 Å². The van der Waals surface area contributed by atoms with Gasteiger partial charge in [-0.2, -0.15) is 0 Å². The van der Waals surface area contributed by atoms with Gasteiger partial charge in [-0.15, -0.1) is 0 Å². The lowest BCUT2D eigenvalue weighted by molar-refractivity contribution is 0.597. The summed E-state index contributed by atoms with van der Waals surface area (Å²) < 4.78 is 36.0. The predicted octanol–water partition coefficient (Wildman–Crippen LogP) is 2.95. The molecule has 1 atom stereocenters. The Bertz CT molecular complexity index is 760. The highest BCUT2D eigenvalue weighted by Gasteiger charge is 2.12. The Balaban J connectivity index is 2.24. The Labute approximate surface area is 123 Å². The first-order chi connectivity index (χ1) is 9.77. The molecular weight excluding hydrogens is 291 g/mol. The fourth-order valence-corrected chi connectivity index (χ4v) is 2.60. The molecule has 0 bridgehead atoms. The number of benzene rings is 2. The van der Waals surface area contributed by atoms with Crippen molar-refractivity contribution in [1.82, 2.24) is 0 Å². The van der Waals surface area contributed by atoms with Crippen molar-refractivity contribution in [2.75, 3.05) is 5.32 Å². The zero-order valence-corrected chi connectivity index (χ0v) is 12.6. The Morgan fingerprint density at radius 3 is 2.52 bits per heavy atom. The van der Waals surface area contributed by atoms with Crippen LogP contribution in [0, 0.1) is 12.7 Å². The van der Waals surface area contributed by atoms with Gasteiger partial charge in [0.1, 0.15) is 5.82 Å². The summed E-state index contributed by atoms with van der Waals surface area (Å²) in [5.74, 6) is -0.260. The normalized spacial score (nSPS) is 13.0. The number of sulfonamides is 1. The van der Waals surface area contributed by atoms with Gasteiger partial charge in [0.05, 0.1) is 4.90 Å². The second-order valence-corrected chi connectivity index (χ2v) is 6.51. The van der Waals surface area contributed by atoms with Crippen molar-refractivity contribution in [3.8, 4) is 0 Å². The van der Waals surface area contributed by atoms with Crippen molar-refractivity contribution in [2.45, 2.75) is 24.8 Å². The molecule has 6 heteroatoms. The van der Waals surface area contributed by atoms with Gasteiger partial charge in [0, 0.05) is 11.7 Å². The zero-order valence-electron chi connectivity index (χ0n) is 11.8. The van der Waals surface area contributed by atoms with Gasteiger partial charge >= 0.3 is 0 Å². The van der Waals surface area contributed by atoms with Crippen LogP contribution in [0.15, 0.2) is 47.4 Å². The van der Waals surface area contributed by atoms with Gasteiger partial charge in [-0.25, -0.2) is 17.9 Å². The number of nitrogens with one attached hydrogen (secondary N) is 1. The maximum Gasteiger partial charge on any atom is 0.238 e. The second kappa shape index (κ2) is 5.83. The smallest absolute Gasteiger partial charge is 0.238 e. The molecule has 0 amide bonds. The summed E-state index contributed by atoms with van der Waals surface area (Å²) in [6.07, 6.45) is 0. The third-order valence-corrected chi connectivity index (χ3v) is 4.14. The van der Waals surface area contributed by atoms with Crippen LogP contribution in [0.3, 0.4) is 0 Å². The van der Waals surface area contributed by atoms with Gasteiger partial charge in [0.15, 0.2) is 0 Å². The quantitative estimate of drug-likeness (QED) is 0.912. The van der Waals surface area contributed by atoms with Crippen molar-refractivity contribution in [3.63, 3.8) is 0 Å². The van der Waals surface area contributed by atoms with Crippen LogP contribution in [-0.4, -0.2) is 8.42 Å². The van der Waals surface area contributed by atoms with Crippen molar-refractivity contribution >= 4 is 15.7 Å². The van der Waals surface area contributed by atoms with Crippen molar-refractivity contribution in [1.29, 1.82) is 0 Å². The molecule has 2 aromatic carbocycles. The Morgan fingerprint density at radius 2 is 1.90 bits per heavy atom.